The predicted molar refractivity (Wildman–Crippen MR) is 67.0 cm³/mol. The minimum absolute atomic E-state index is 0.891. The molecule has 1 N–H and O–H groups in total. The summed E-state index contributed by atoms with van der Waals surface area (Å²) in [4.78, 5) is 6.75. The van der Waals surface area contributed by atoms with E-state index in [1.807, 2.05) is 12.1 Å². The summed E-state index contributed by atoms with van der Waals surface area (Å²) < 4.78 is 5.75. The Kier molecular flexibility index (Phi) is 3.07. The van der Waals surface area contributed by atoms with E-state index in [-0.39, 0.29) is 0 Å². The molecule has 17 heavy (non-hydrogen) atoms. The molecule has 0 aromatic carbocycles. The Bertz CT molecular complexity index is 455. The Balaban J connectivity index is 1.64. The van der Waals surface area contributed by atoms with Gasteiger partial charge >= 0.3 is 0 Å². The van der Waals surface area contributed by atoms with Gasteiger partial charge in [-0.2, -0.15) is 0 Å². The van der Waals surface area contributed by atoms with Crippen molar-refractivity contribution in [3.05, 3.63) is 30.2 Å². The normalized spacial score (nSPS) is 17.6. The van der Waals surface area contributed by atoms with Crippen LogP contribution in [0.3, 0.4) is 0 Å². The van der Waals surface area contributed by atoms with Gasteiger partial charge in [-0.05, 0) is 12.1 Å². The van der Waals surface area contributed by atoms with Crippen molar-refractivity contribution < 1.29 is 4.42 Å². The summed E-state index contributed by atoms with van der Waals surface area (Å²) in [5, 5.41) is 3.36. The van der Waals surface area contributed by atoms with Crippen LogP contribution in [0.2, 0.25) is 0 Å². The van der Waals surface area contributed by atoms with Crippen LogP contribution >= 0.6 is 0 Å². The molecule has 0 aliphatic carbocycles. The summed E-state index contributed by atoms with van der Waals surface area (Å²) in [5.74, 6) is 1.04. The highest BCUT2D eigenvalue weighted by atomic mass is 16.3. The molecule has 4 heteroatoms. The molecule has 0 atom stereocenters. The Morgan fingerprint density at radius 2 is 2.24 bits per heavy atom. The molecule has 4 nitrogen and oxygen atoms in total. The van der Waals surface area contributed by atoms with Crippen molar-refractivity contribution in [3.63, 3.8) is 0 Å². The van der Waals surface area contributed by atoms with E-state index in [9.17, 15) is 0 Å². The van der Waals surface area contributed by atoms with Gasteiger partial charge in [0.2, 0.25) is 0 Å². The number of furan rings is 1. The molecule has 0 unspecified atom stereocenters. The Hall–Kier alpha value is -1.39. The van der Waals surface area contributed by atoms with Crippen LogP contribution in [0.4, 0.5) is 0 Å². The molecule has 0 bridgehead atoms. The summed E-state index contributed by atoms with van der Waals surface area (Å²) in [5.41, 5.74) is 1.85. The average Bonchev–Trinajstić information content (AvgIpc) is 2.80. The lowest BCUT2D eigenvalue weighted by Crippen LogP contribution is -2.44. The molecule has 0 saturated carbocycles. The number of rotatable bonds is 3. The zero-order chi connectivity index (χ0) is 11.5. The lowest BCUT2D eigenvalue weighted by molar-refractivity contribution is 0.239. The van der Waals surface area contributed by atoms with Crippen LogP contribution in [-0.2, 0) is 6.42 Å². The Labute approximate surface area is 101 Å². The fourth-order valence-corrected chi connectivity index (χ4v) is 2.25. The second-order valence-electron chi connectivity index (χ2n) is 4.44. The molecule has 2 aromatic heterocycles. The fraction of sp³-hybridized carbons (Fsp3) is 0.462. The molecule has 1 saturated heterocycles. The number of aromatic nitrogens is 1. The number of piperazine rings is 1. The van der Waals surface area contributed by atoms with Crippen molar-refractivity contribution in [1.29, 1.82) is 0 Å². The monoisotopic (exact) mass is 231 g/mol. The number of hydrogen-bond donors (Lipinski definition) is 1. The first-order chi connectivity index (χ1) is 8.42. The minimum Gasteiger partial charge on any atom is -0.459 e. The number of hydrogen-bond acceptors (Lipinski definition) is 4. The van der Waals surface area contributed by atoms with Gasteiger partial charge in [-0.15, -0.1) is 0 Å². The van der Waals surface area contributed by atoms with Crippen LogP contribution in [0.25, 0.3) is 11.1 Å². The van der Waals surface area contributed by atoms with Crippen molar-refractivity contribution in [1.82, 2.24) is 15.2 Å². The van der Waals surface area contributed by atoms with Crippen molar-refractivity contribution in [3.8, 4) is 0 Å². The first kappa shape index (κ1) is 10.7. The molecule has 2 aromatic rings. The summed E-state index contributed by atoms with van der Waals surface area (Å²) in [6.45, 7) is 5.54. The minimum atomic E-state index is 0.891. The van der Waals surface area contributed by atoms with Gasteiger partial charge in [-0.3, -0.25) is 4.98 Å². The highest BCUT2D eigenvalue weighted by Gasteiger charge is 2.10. The van der Waals surface area contributed by atoms with E-state index in [0.29, 0.717) is 0 Å². The molecule has 1 fully saturated rings. The first-order valence-corrected chi connectivity index (χ1v) is 6.18. The molecule has 90 valence electrons. The largest absolute Gasteiger partial charge is 0.459 e. The van der Waals surface area contributed by atoms with E-state index in [2.05, 4.69) is 21.3 Å². The zero-order valence-electron chi connectivity index (χ0n) is 9.85. The number of nitrogens with zero attached hydrogens (tertiary/aromatic N) is 2. The van der Waals surface area contributed by atoms with E-state index in [1.54, 1.807) is 6.20 Å². The third kappa shape index (κ3) is 2.48. The van der Waals surface area contributed by atoms with Gasteiger partial charge in [0.1, 0.15) is 11.3 Å². The van der Waals surface area contributed by atoms with Gasteiger partial charge in [0.25, 0.3) is 0 Å². The van der Waals surface area contributed by atoms with Crippen LogP contribution in [0, 0.1) is 0 Å². The van der Waals surface area contributed by atoms with E-state index in [1.165, 1.54) is 0 Å². The SMILES string of the molecule is c1cnc2cc(CCN3CCNCC3)oc2c1. The molecule has 3 rings (SSSR count). The maximum atomic E-state index is 5.75. The molecule has 1 aliphatic heterocycles. The van der Waals surface area contributed by atoms with E-state index in [4.69, 9.17) is 4.42 Å². The maximum Gasteiger partial charge on any atom is 0.152 e. The molecule has 3 heterocycles. The number of fused-ring (bicyclic) bond motifs is 1. The summed E-state index contributed by atoms with van der Waals surface area (Å²) in [6, 6.07) is 5.93. The fourth-order valence-electron chi connectivity index (χ4n) is 2.25. The number of nitrogens with one attached hydrogen (secondary N) is 1. The molecule has 0 spiro atoms. The highest BCUT2D eigenvalue weighted by Crippen LogP contribution is 2.17. The van der Waals surface area contributed by atoms with Gasteiger partial charge in [0, 0.05) is 51.4 Å². The van der Waals surface area contributed by atoms with Crippen molar-refractivity contribution in [2.75, 3.05) is 32.7 Å². The Morgan fingerprint density at radius 1 is 1.35 bits per heavy atom. The summed E-state index contributed by atoms with van der Waals surface area (Å²) in [7, 11) is 0. The van der Waals surface area contributed by atoms with Gasteiger partial charge in [-0.1, -0.05) is 0 Å². The van der Waals surface area contributed by atoms with Crippen LogP contribution < -0.4 is 5.32 Å². The lowest BCUT2D eigenvalue weighted by atomic mass is 10.2. The quantitative estimate of drug-likeness (QED) is 0.864. The molecular formula is C13H17N3O. The second kappa shape index (κ2) is 4.85. The third-order valence-corrected chi connectivity index (χ3v) is 3.22. The zero-order valence-corrected chi connectivity index (χ0v) is 9.85. The number of pyridine rings is 1. The Morgan fingerprint density at radius 3 is 3.06 bits per heavy atom. The average molecular weight is 231 g/mol. The van der Waals surface area contributed by atoms with Crippen LogP contribution in [0.15, 0.2) is 28.8 Å². The predicted octanol–water partition coefficient (Wildman–Crippen LogP) is 1.28. The summed E-state index contributed by atoms with van der Waals surface area (Å²) in [6.07, 6.45) is 2.77. The van der Waals surface area contributed by atoms with Crippen LogP contribution in [-0.4, -0.2) is 42.6 Å². The van der Waals surface area contributed by atoms with Crippen molar-refractivity contribution in [2.24, 2.45) is 0 Å². The van der Waals surface area contributed by atoms with Gasteiger partial charge in [-0.25, -0.2) is 0 Å². The van der Waals surface area contributed by atoms with E-state index < -0.39 is 0 Å². The molecule has 1 aliphatic rings. The molecule has 0 radical (unpaired) electrons. The molecular weight excluding hydrogens is 214 g/mol. The summed E-state index contributed by atoms with van der Waals surface area (Å²) >= 11 is 0. The maximum absolute atomic E-state index is 5.75. The van der Waals surface area contributed by atoms with E-state index in [0.717, 1.165) is 56.0 Å². The van der Waals surface area contributed by atoms with Gasteiger partial charge in [0.05, 0.1) is 0 Å². The topological polar surface area (TPSA) is 41.3 Å². The van der Waals surface area contributed by atoms with Gasteiger partial charge < -0.3 is 14.6 Å². The highest BCUT2D eigenvalue weighted by molar-refractivity contribution is 5.72. The van der Waals surface area contributed by atoms with Crippen LogP contribution in [0.5, 0.6) is 0 Å². The second-order valence-corrected chi connectivity index (χ2v) is 4.44. The van der Waals surface area contributed by atoms with E-state index >= 15 is 0 Å². The van der Waals surface area contributed by atoms with Crippen molar-refractivity contribution >= 4 is 11.1 Å². The smallest absolute Gasteiger partial charge is 0.152 e. The van der Waals surface area contributed by atoms with Gasteiger partial charge in [0.15, 0.2) is 5.58 Å². The third-order valence-electron chi connectivity index (χ3n) is 3.22. The molecule has 0 amide bonds. The van der Waals surface area contributed by atoms with Crippen LogP contribution in [0.1, 0.15) is 5.76 Å². The standard InChI is InChI=1S/C13H17N3O/c1-2-13-12(15-4-1)10-11(17-13)3-7-16-8-5-14-6-9-16/h1-2,4,10,14H,3,5-9H2. The van der Waals surface area contributed by atoms with Crippen molar-refractivity contribution in [2.45, 2.75) is 6.42 Å². The first-order valence-electron chi connectivity index (χ1n) is 6.18. The lowest BCUT2D eigenvalue weighted by Gasteiger charge is -2.26.